The molecule has 1 N–H and O–H groups in total. The van der Waals surface area contributed by atoms with Crippen molar-refractivity contribution in [1.29, 1.82) is 0 Å². The first-order chi connectivity index (χ1) is 13.7. The van der Waals surface area contributed by atoms with Gasteiger partial charge < -0.3 is 14.6 Å². The van der Waals surface area contributed by atoms with Crippen molar-refractivity contribution in [2.75, 3.05) is 25.5 Å². The number of hydrogen-bond acceptors (Lipinski definition) is 4. The van der Waals surface area contributed by atoms with Crippen molar-refractivity contribution in [3.63, 3.8) is 0 Å². The lowest BCUT2D eigenvalue weighted by Gasteiger charge is -2.21. The molecule has 2 heterocycles. The molecule has 1 aliphatic rings. The molecule has 4 rings (SSSR count). The van der Waals surface area contributed by atoms with Gasteiger partial charge >= 0.3 is 0 Å². The Labute approximate surface area is 164 Å². The van der Waals surface area contributed by atoms with Gasteiger partial charge in [-0.2, -0.15) is 0 Å². The largest absolute Gasteiger partial charge is 0.496 e. The van der Waals surface area contributed by atoms with Gasteiger partial charge in [0.05, 0.1) is 13.3 Å². The minimum atomic E-state index is -0.122. The Hall–Kier alpha value is -3.12. The average molecular weight is 376 g/mol. The van der Waals surface area contributed by atoms with Crippen molar-refractivity contribution < 1.29 is 9.53 Å². The van der Waals surface area contributed by atoms with Crippen LogP contribution in [0, 0.1) is 0 Å². The van der Waals surface area contributed by atoms with Crippen molar-refractivity contribution in [2.45, 2.75) is 19.5 Å². The van der Waals surface area contributed by atoms with Gasteiger partial charge in [0.1, 0.15) is 17.3 Å². The zero-order chi connectivity index (χ0) is 19.3. The minimum absolute atomic E-state index is 0.122. The van der Waals surface area contributed by atoms with Crippen LogP contribution in [0.2, 0.25) is 0 Å². The number of anilines is 1. The van der Waals surface area contributed by atoms with E-state index >= 15 is 0 Å². The van der Waals surface area contributed by atoms with Crippen molar-refractivity contribution >= 4 is 11.6 Å². The standard InChI is InChI=1S/C22H24N4O2/c1-28-20-10-6-5-7-17(20)16-25-12-11-21-23-15-19(26(21)14-13-25)22(27)24-18-8-3-2-4-9-18/h2-10,15H,11-14,16H2,1H3,(H,24,27). The van der Waals surface area contributed by atoms with E-state index in [4.69, 9.17) is 4.74 Å². The zero-order valence-electron chi connectivity index (χ0n) is 16.0. The molecule has 2 aromatic carbocycles. The Bertz CT molecular complexity index is 952. The Morgan fingerprint density at radius 3 is 2.68 bits per heavy atom. The van der Waals surface area contributed by atoms with Gasteiger partial charge in [0.2, 0.25) is 0 Å². The molecule has 0 radical (unpaired) electrons. The molecule has 0 unspecified atom stereocenters. The smallest absolute Gasteiger partial charge is 0.273 e. The van der Waals surface area contributed by atoms with E-state index in [1.54, 1.807) is 13.3 Å². The van der Waals surface area contributed by atoms with Crippen LogP contribution in [0.4, 0.5) is 5.69 Å². The van der Waals surface area contributed by atoms with E-state index in [1.807, 2.05) is 53.1 Å². The SMILES string of the molecule is COc1ccccc1CN1CCc2ncc(C(=O)Nc3ccccc3)n2CC1. The quantitative estimate of drug-likeness (QED) is 0.743. The normalized spacial score (nSPS) is 14.2. The van der Waals surface area contributed by atoms with Crippen LogP contribution in [0.5, 0.6) is 5.75 Å². The van der Waals surface area contributed by atoms with E-state index in [0.29, 0.717) is 5.69 Å². The lowest BCUT2D eigenvalue weighted by molar-refractivity contribution is 0.101. The summed E-state index contributed by atoms with van der Waals surface area (Å²) < 4.78 is 7.52. The molecule has 28 heavy (non-hydrogen) atoms. The topological polar surface area (TPSA) is 59.4 Å². The lowest BCUT2D eigenvalue weighted by atomic mass is 10.2. The zero-order valence-corrected chi connectivity index (χ0v) is 16.0. The number of amides is 1. The molecule has 0 atom stereocenters. The molecule has 0 spiro atoms. The average Bonchev–Trinajstić information content (AvgIpc) is 3.04. The molecule has 0 fully saturated rings. The van der Waals surface area contributed by atoms with E-state index in [9.17, 15) is 4.79 Å². The van der Waals surface area contributed by atoms with Gasteiger partial charge in [0.15, 0.2) is 0 Å². The highest BCUT2D eigenvalue weighted by molar-refractivity contribution is 6.03. The number of benzene rings is 2. The monoisotopic (exact) mass is 376 g/mol. The summed E-state index contributed by atoms with van der Waals surface area (Å²) in [6, 6.07) is 17.6. The number of para-hydroxylation sites is 2. The summed E-state index contributed by atoms with van der Waals surface area (Å²) in [5.41, 5.74) is 2.57. The summed E-state index contributed by atoms with van der Waals surface area (Å²) in [5.74, 6) is 1.75. The van der Waals surface area contributed by atoms with E-state index in [2.05, 4.69) is 21.3 Å². The number of hydrogen-bond donors (Lipinski definition) is 1. The first kappa shape index (κ1) is 18.3. The number of rotatable bonds is 5. The minimum Gasteiger partial charge on any atom is -0.496 e. The predicted octanol–water partition coefficient (Wildman–Crippen LogP) is 3.20. The van der Waals surface area contributed by atoms with Crippen LogP contribution in [-0.4, -0.2) is 40.6 Å². The number of carbonyl (C=O) groups excluding carboxylic acids is 1. The number of aromatic nitrogens is 2. The fourth-order valence-corrected chi connectivity index (χ4v) is 3.60. The third-order valence-corrected chi connectivity index (χ3v) is 5.08. The molecule has 144 valence electrons. The second-order valence-electron chi connectivity index (χ2n) is 6.87. The maximum atomic E-state index is 12.7. The van der Waals surface area contributed by atoms with Gasteiger partial charge in [-0.3, -0.25) is 9.69 Å². The highest BCUT2D eigenvalue weighted by Crippen LogP contribution is 2.21. The Morgan fingerprint density at radius 1 is 1.07 bits per heavy atom. The van der Waals surface area contributed by atoms with Gasteiger partial charge in [0, 0.05) is 43.9 Å². The molecular formula is C22H24N4O2. The van der Waals surface area contributed by atoms with Crippen LogP contribution in [0.1, 0.15) is 21.9 Å². The van der Waals surface area contributed by atoms with Gasteiger partial charge in [-0.15, -0.1) is 0 Å². The second kappa shape index (κ2) is 8.27. The summed E-state index contributed by atoms with van der Waals surface area (Å²) in [5, 5.41) is 2.95. The fraction of sp³-hybridized carbons (Fsp3) is 0.273. The predicted molar refractivity (Wildman–Crippen MR) is 109 cm³/mol. The van der Waals surface area contributed by atoms with E-state index in [0.717, 1.165) is 49.9 Å². The summed E-state index contributed by atoms with van der Waals surface area (Å²) >= 11 is 0. The van der Waals surface area contributed by atoms with Crippen molar-refractivity contribution in [1.82, 2.24) is 14.5 Å². The van der Waals surface area contributed by atoms with Crippen molar-refractivity contribution in [3.05, 3.63) is 77.9 Å². The van der Waals surface area contributed by atoms with Crippen molar-refractivity contribution in [2.24, 2.45) is 0 Å². The van der Waals surface area contributed by atoms with Crippen LogP contribution in [0.25, 0.3) is 0 Å². The molecule has 1 aromatic heterocycles. The first-order valence-electron chi connectivity index (χ1n) is 9.49. The molecule has 1 amide bonds. The van der Waals surface area contributed by atoms with E-state index < -0.39 is 0 Å². The highest BCUT2D eigenvalue weighted by Gasteiger charge is 2.21. The van der Waals surface area contributed by atoms with Crippen LogP contribution in [0.3, 0.4) is 0 Å². The van der Waals surface area contributed by atoms with Crippen LogP contribution < -0.4 is 10.1 Å². The lowest BCUT2D eigenvalue weighted by Crippen LogP contribution is -2.27. The molecule has 0 bridgehead atoms. The van der Waals surface area contributed by atoms with Gasteiger partial charge in [0.25, 0.3) is 5.91 Å². The molecule has 0 saturated heterocycles. The third-order valence-electron chi connectivity index (χ3n) is 5.08. The number of nitrogens with zero attached hydrogens (tertiary/aromatic N) is 3. The second-order valence-corrected chi connectivity index (χ2v) is 6.87. The fourth-order valence-electron chi connectivity index (χ4n) is 3.60. The maximum absolute atomic E-state index is 12.7. The van der Waals surface area contributed by atoms with E-state index in [1.165, 1.54) is 5.56 Å². The molecule has 6 heteroatoms. The number of nitrogens with one attached hydrogen (secondary N) is 1. The molecule has 0 saturated carbocycles. The van der Waals surface area contributed by atoms with Crippen LogP contribution in [-0.2, 0) is 19.5 Å². The summed E-state index contributed by atoms with van der Waals surface area (Å²) in [6.45, 7) is 3.31. The number of ether oxygens (including phenoxy) is 1. The van der Waals surface area contributed by atoms with Gasteiger partial charge in [-0.1, -0.05) is 36.4 Å². The number of fused-ring (bicyclic) bond motifs is 1. The Morgan fingerprint density at radius 2 is 1.86 bits per heavy atom. The molecule has 3 aromatic rings. The van der Waals surface area contributed by atoms with Crippen LogP contribution >= 0.6 is 0 Å². The van der Waals surface area contributed by atoms with Crippen molar-refractivity contribution in [3.8, 4) is 5.75 Å². The van der Waals surface area contributed by atoms with Gasteiger partial charge in [-0.25, -0.2) is 4.98 Å². The van der Waals surface area contributed by atoms with Crippen LogP contribution in [0.15, 0.2) is 60.8 Å². The third kappa shape index (κ3) is 3.92. The number of imidazole rings is 1. The molecule has 6 nitrogen and oxygen atoms in total. The van der Waals surface area contributed by atoms with Gasteiger partial charge in [-0.05, 0) is 18.2 Å². The maximum Gasteiger partial charge on any atom is 0.273 e. The Kier molecular flexibility index (Phi) is 5.39. The highest BCUT2D eigenvalue weighted by atomic mass is 16.5. The molecule has 0 aliphatic carbocycles. The Balaban J connectivity index is 1.45. The number of carbonyl (C=O) groups is 1. The van der Waals surface area contributed by atoms with E-state index in [-0.39, 0.29) is 5.91 Å². The first-order valence-corrected chi connectivity index (χ1v) is 9.49. The number of methoxy groups -OCH3 is 1. The summed E-state index contributed by atoms with van der Waals surface area (Å²) in [4.78, 5) is 19.6. The molecule has 1 aliphatic heterocycles. The molecular weight excluding hydrogens is 352 g/mol. The summed E-state index contributed by atoms with van der Waals surface area (Å²) in [7, 11) is 1.70. The summed E-state index contributed by atoms with van der Waals surface area (Å²) in [6.07, 6.45) is 2.50.